The van der Waals surface area contributed by atoms with Crippen LogP contribution in [0.5, 0.6) is 0 Å². The van der Waals surface area contributed by atoms with E-state index < -0.39 is 6.11 Å². The van der Waals surface area contributed by atoms with Crippen LogP contribution in [0.4, 0.5) is 8.78 Å². The third-order valence-corrected chi connectivity index (χ3v) is 5.55. The zero-order chi connectivity index (χ0) is 16.0. The molecule has 0 heterocycles. The monoisotopic (exact) mass is 314 g/mol. The highest BCUT2D eigenvalue weighted by Crippen LogP contribution is 2.37. The highest BCUT2D eigenvalue weighted by atomic mass is 19.3. The minimum Gasteiger partial charge on any atom is -0.320 e. The van der Waals surface area contributed by atoms with Gasteiger partial charge in [0, 0.05) is 6.42 Å². The molecule has 0 amide bonds. The van der Waals surface area contributed by atoms with Crippen molar-refractivity contribution in [3.8, 4) is 0 Å². The lowest BCUT2D eigenvalue weighted by Crippen LogP contribution is -2.30. The van der Waals surface area contributed by atoms with Crippen LogP contribution in [0.1, 0.15) is 71.6 Å². The van der Waals surface area contributed by atoms with E-state index in [0.29, 0.717) is 11.8 Å². The average Bonchev–Trinajstić information content (AvgIpc) is 2.49. The Morgan fingerprint density at radius 3 is 2.14 bits per heavy atom. The van der Waals surface area contributed by atoms with Crippen LogP contribution in [0.2, 0.25) is 0 Å². The Bertz CT molecular complexity index is 337. The smallest absolute Gasteiger partial charge is 0.320 e. The summed E-state index contributed by atoms with van der Waals surface area (Å²) in [6.45, 7) is 4.52. The fourth-order valence-corrected chi connectivity index (χ4v) is 3.99. The topological polar surface area (TPSA) is 9.23 Å². The molecular formula is C19H32F2O. The minimum atomic E-state index is -2.93. The number of halogens is 2. The molecule has 22 heavy (non-hydrogen) atoms. The van der Waals surface area contributed by atoms with Crippen molar-refractivity contribution in [1.29, 1.82) is 0 Å². The van der Waals surface area contributed by atoms with Crippen molar-refractivity contribution in [2.75, 3.05) is 6.61 Å². The molecule has 0 radical (unpaired) electrons. The molecule has 2 fully saturated rings. The Balaban J connectivity index is 1.67. The predicted molar refractivity (Wildman–Crippen MR) is 86.9 cm³/mol. The van der Waals surface area contributed by atoms with Crippen molar-refractivity contribution in [3.63, 3.8) is 0 Å². The Kier molecular flexibility index (Phi) is 6.86. The summed E-state index contributed by atoms with van der Waals surface area (Å²) in [7, 11) is 0. The van der Waals surface area contributed by atoms with Gasteiger partial charge < -0.3 is 4.74 Å². The first kappa shape index (κ1) is 17.9. The van der Waals surface area contributed by atoms with Gasteiger partial charge in [0.2, 0.25) is 0 Å². The molecule has 0 unspecified atom stereocenters. The van der Waals surface area contributed by atoms with Crippen LogP contribution in [0.15, 0.2) is 12.2 Å². The number of rotatable bonds is 6. The molecule has 1 nitrogen and oxygen atoms in total. The first-order chi connectivity index (χ1) is 10.5. The van der Waals surface area contributed by atoms with E-state index in [1.165, 1.54) is 0 Å². The van der Waals surface area contributed by atoms with E-state index in [1.807, 2.05) is 6.92 Å². The summed E-state index contributed by atoms with van der Waals surface area (Å²) in [5, 5.41) is 0. The van der Waals surface area contributed by atoms with Crippen LogP contribution in [0.25, 0.3) is 0 Å². The van der Waals surface area contributed by atoms with Gasteiger partial charge in [-0.15, -0.1) is 0 Å². The van der Waals surface area contributed by atoms with E-state index >= 15 is 0 Å². The van der Waals surface area contributed by atoms with E-state index in [9.17, 15) is 8.78 Å². The second kappa shape index (κ2) is 8.42. The van der Waals surface area contributed by atoms with Gasteiger partial charge in [-0.1, -0.05) is 31.9 Å². The summed E-state index contributed by atoms with van der Waals surface area (Å²) >= 11 is 0. The van der Waals surface area contributed by atoms with Gasteiger partial charge in [-0.2, -0.15) is 8.78 Å². The van der Waals surface area contributed by atoms with Gasteiger partial charge in [0.05, 0.1) is 6.61 Å². The Labute approximate surface area is 134 Å². The number of alkyl halides is 2. The molecule has 0 aromatic carbocycles. The SMILES string of the molecule is C/C=C/C1CCC(CC(F)(F)OCC2CCC(C)CC2)CC1. The molecule has 0 aliphatic heterocycles. The zero-order valence-electron chi connectivity index (χ0n) is 14.2. The van der Waals surface area contributed by atoms with Gasteiger partial charge >= 0.3 is 6.11 Å². The summed E-state index contributed by atoms with van der Waals surface area (Å²) in [5.41, 5.74) is 0. The molecule has 0 aromatic rings. The number of hydrogen-bond acceptors (Lipinski definition) is 1. The van der Waals surface area contributed by atoms with E-state index in [0.717, 1.165) is 57.3 Å². The normalized spacial score (nSPS) is 34.2. The Morgan fingerprint density at radius 1 is 0.955 bits per heavy atom. The number of ether oxygens (including phenoxy) is 1. The lowest BCUT2D eigenvalue weighted by molar-refractivity contribution is -0.256. The third kappa shape index (κ3) is 5.98. The summed E-state index contributed by atoms with van der Waals surface area (Å²) < 4.78 is 33.1. The molecular weight excluding hydrogens is 282 g/mol. The molecule has 2 saturated carbocycles. The number of allylic oxidation sites excluding steroid dienone is 2. The second-order valence-corrected chi connectivity index (χ2v) is 7.58. The van der Waals surface area contributed by atoms with Crippen molar-refractivity contribution in [3.05, 3.63) is 12.2 Å². The molecule has 0 aromatic heterocycles. The number of hydrogen-bond donors (Lipinski definition) is 0. The molecule has 0 atom stereocenters. The predicted octanol–water partition coefficient (Wildman–Crippen LogP) is 6.19. The molecule has 2 aliphatic carbocycles. The molecule has 0 bridgehead atoms. The van der Waals surface area contributed by atoms with Gasteiger partial charge in [-0.05, 0) is 69.1 Å². The fraction of sp³-hybridized carbons (Fsp3) is 0.895. The zero-order valence-corrected chi connectivity index (χ0v) is 14.2. The average molecular weight is 314 g/mol. The van der Waals surface area contributed by atoms with Crippen LogP contribution in [0.3, 0.4) is 0 Å². The first-order valence-corrected chi connectivity index (χ1v) is 9.13. The maximum atomic E-state index is 14.0. The lowest BCUT2D eigenvalue weighted by atomic mass is 9.80. The Hall–Kier alpha value is -0.440. The molecule has 2 aliphatic rings. The van der Waals surface area contributed by atoms with Crippen LogP contribution in [0, 0.1) is 23.7 Å². The van der Waals surface area contributed by atoms with Crippen molar-refractivity contribution in [2.24, 2.45) is 23.7 Å². The van der Waals surface area contributed by atoms with Gasteiger partial charge in [-0.25, -0.2) is 0 Å². The fourth-order valence-electron chi connectivity index (χ4n) is 3.99. The van der Waals surface area contributed by atoms with E-state index in [1.54, 1.807) is 0 Å². The lowest BCUT2D eigenvalue weighted by Gasteiger charge is -2.31. The second-order valence-electron chi connectivity index (χ2n) is 7.58. The van der Waals surface area contributed by atoms with Gasteiger partial charge in [0.25, 0.3) is 0 Å². The molecule has 2 rings (SSSR count). The highest BCUT2D eigenvalue weighted by Gasteiger charge is 2.36. The molecule has 0 N–H and O–H groups in total. The largest absolute Gasteiger partial charge is 0.356 e. The standard InChI is InChI=1S/C19H32F2O/c1-3-4-16-9-11-17(12-10-16)13-19(20,21)22-14-18-7-5-15(2)6-8-18/h3-4,15-18H,5-14H2,1-2H3/b4-3+. The van der Waals surface area contributed by atoms with Crippen LogP contribution < -0.4 is 0 Å². The summed E-state index contributed by atoms with van der Waals surface area (Å²) in [6.07, 6.45) is 9.62. The van der Waals surface area contributed by atoms with Crippen LogP contribution in [-0.4, -0.2) is 12.7 Å². The molecule has 0 spiro atoms. The van der Waals surface area contributed by atoms with E-state index in [4.69, 9.17) is 4.74 Å². The first-order valence-electron chi connectivity index (χ1n) is 9.13. The van der Waals surface area contributed by atoms with Crippen molar-refractivity contribution < 1.29 is 13.5 Å². The van der Waals surface area contributed by atoms with Crippen molar-refractivity contribution in [2.45, 2.75) is 77.7 Å². The van der Waals surface area contributed by atoms with E-state index in [-0.39, 0.29) is 18.9 Å². The van der Waals surface area contributed by atoms with Crippen molar-refractivity contribution >= 4 is 0 Å². The van der Waals surface area contributed by atoms with Gasteiger partial charge in [0.15, 0.2) is 0 Å². The maximum absolute atomic E-state index is 14.0. The van der Waals surface area contributed by atoms with E-state index in [2.05, 4.69) is 19.1 Å². The van der Waals surface area contributed by atoms with Crippen LogP contribution in [-0.2, 0) is 4.74 Å². The molecule has 0 saturated heterocycles. The van der Waals surface area contributed by atoms with Gasteiger partial charge in [-0.3, -0.25) is 0 Å². The highest BCUT2D eigenvalue weighted by molar-refractivity contribution is 4.89. The Morgan fingerprint density at radius 2 is 1.55 bits per heavy atom. The summed E-state index contributed by atoms with van der Waals surface area (Å²) in [5.74, 6) is 1.82. The minimum absolute atomic E-state index is 0.0846. The van der Waals surface area contributed by atoms with Gasteiger partial charge in [0.1, 0.15) is 0 Å². The third-order valence-electron chi connectivity index (χ3n) is 5.55. The molecule has 128 valence electrons. The quantitative estimate of drug-likeness (QED) is 0.531. The maximum Gasteiger partial charge on any atom is 0.356 e. The van der Waals surface area contributed by atoms with Crippen LogP contribution >= 0.6 is 0 Å². The summed E-state index contributed by atoms with van der Waals surface area (Å²) in [6, 6.07) is 0. The van der Waals surface area contributed by atoms with Crippen molar-refractivity contribution in [1.82, 2.24) is 0 Å². The summed E-state index contributed by atoms with van der Waals surface area (Å²) in [4.78, 5) is 0. The molecule has 3 heteroatoms.